The monoisotopic (exact) mass is 214 g/mol. The third kappa shape index (κ3) is 3.44. The van der Waals surface area contributed by atoms with Crippen molar-refractivity contribution in [3.05, 3.63) is 0 Å². The number of hydrogen-bond donors (Lipinski definition) is 1. The Morgan fingerprint density at radius 3 is 2.21 bits per heavy atom. The molecule has 0 aliphatic heterocycles. The number of aliphatic carboxylic acids is 1. The predicted octanol–water partition coefficient (Wildman–Crippen LogP) is 3.22. The minimum atomic E-state index is -1.23. The molecular weight excluding hydrogens is 192 g/mol. The van der Waals surface area contributed by atoms with Crippen LogP contribution >= 0.6 is 0 Å². The molecule has 1 aliphatic carbocycles. The topological polar surface area (TPSA) is 37.3 Å². The van der Waals surface area contributed by atoms with Gasteiger partial charge >= 0.3 is 5.97 Å². The van der Waals surface area contributed by atoms with Gasteiger partial charge in [0.2, 0.25) is 0 Å². The van der Waals surface area contributed by atoms with E-state index in [1.54, 1.807) is 0 Å². The third-order valence-corrected chi connectivity index (χ3v) is 4.78. The smallest absolute Gasteiger partial charge is 0.306 e. The maximum absolute atomic E-state index is 11.2. The Hall–Kier alpha value is -0.313. The van der Waals surface area contributed by atoms with E-state index in [4.69, 9.17) is 0 Å². The van der Waals surface area contributed by atoms with Gasteiger partial charge in [-0.05, 0) is 24.8 Å². The normalized spacial score (nSPS) is 21.1. The molecule has 1 fully saturated rings. The van der Waals surface area contributed by atoms with E-state index < -0.39 is 14.0 Å². The number of hydrogen-bond acceptors (Lipinski definition) is 1. The summed E-state index contributed by atoms with van der Waals surface area (Å²) in [4.78, 5) is 11.2. The summed E-state index contributed by atoms with van der Waals surface area (Å²) in [5.41, 5.74) is 0. The second-order valence-corrected chi connectivity index (χ2v) is 11.3. The lowest BCUT2D eigenvalue weighted by Gasteiger charge is -2.25. The van der Waals surface area contributed by atoms with Crippen LogP contribution in [0.2, 0.25) is 25.7 Å². The molecule has 0 aromatic rings. The fraction of sp³-hybridized carbons (Fsp3) is 0.909. The van der Waals surface area contributed by atoms with E-state index in [1.807, 2.05) is 0 Å². The van der Waals surface area contributed by atoms with Crippen molar-refractivity contribution in [3.8, 4) is 0 Å². The summed E-state index contributed by atoms with van der Waals surface area (Å²) in [7, 11) is -1.23. The summed E-state index contributed by atoms with van der Waals surface area (Å²) in [5.74, 6) is -0.136. The van der Waals surface area contributed by atoms with Gasteiger partial charge in [0, 0.05) is 8.07 Å². The lowest BCUT2D eigenvalue weighted by atomic mass is 9.93. The number of carboxylic acid groups (broad SMARTS) is 1. The molecule has 0 amide bonds. The largest absolute Gasteiger partial charge is 0.481 e. The van der Waals surface area contributed by atoms with Crippen LogP contribution in [-0.4, -0.2) is 19.1 Å². The van der Waals surface area contributed by atoms with Crippen LogP contribution in [0.15, 0.2) is 0 Å². The summed E-state index contributed by atoms with van der Waals surface area (Å²) in [6.07, 6.45) is 4.75. The Kier molecular flexibility index (Phi) is 3.76. The van der Waals surface area contributed by atoms with Gasteiger partial charge in [0.1, 0.15) is 0 Å². The molecule has 0 bridgehead atoms. The van der Waals surface area contributed by atoms with Gasteiger partial charge in [-0.3, -0.25) is 4.79 Å². The third-order valence-electron chi connectivity index (χ3n) is 3.12. The van der Waals surface area contributed by atoms with Crippen LogP contribution in [0.25, 0.3) is 0 Å². The van der Waals surface area contributed by atoms with Gasteiger partial charge in [0.05, 0.1) is 5.92 Å². The number of rotatable bonds is 4. The maximum Gasteiger partial charge on any atom is 0.306 e. The molecule has 82 valence electrons. The molecule has 1 unspecified atom stereocenters. The highest BCUT2D eigenvalue weighted by Gasteiger charge is 2.33. The van der Waals surface area contributed by atoms with Crippen LogP contribution in [0, 0.1) is 11.8 Å². The lowest BCUT2D eigenvalue weighted by Crippen LogP contribution is -2.31. The molecule has 1 saturated carbocycles. The second kappa shape index (κ2) is 4.47. The SMILES string of the molecule is C[Si](C)(C)CC(C(=O)O)C1CCCC1. The Morgan fingerprint density at radius 2 is 1.86 bits per heavy atom. The van der Waals surface area contributed by atoms with Gasteiger partial charge in [0.15, 0.2) is 0 Å². The van der Waals surface area contributed by atoms with Crippen molar-refractivity contribution in [3.63, 3.8) is 0 Å². The summed E-state index contributed by atoms with van der Waals surface area (Å²) < 4.78 is 0. The van der Waals surface area contributed by atoms with Crippen LogP contribution in [0.4, 0.5) is 0 Å². The first-order chi connectivity index (χ1) is 6.40. The molecule has 14 heavy (non-hydrogen) atoms. The Labute approximate surface area is 87.7 Å². The van der Waals surface area contributed by atoms with Crippen molar-refractivity contribution in [1.29, 1.82) is 0 Å². The van der Waals surface area contributed by atoms with E-state index in [1.165, 1.54) is 12.8 Å². The molecular formula is C11H22O2Si. The summed E-state index contributed by atoms with van der Waals surface area (Å²) in [6, 6.07) is 0.951. The molecule has 0 heterocycles. The average molecular weight is 214 g/mol. The van der Waals surface area contributed by atoms with Gasteiger partial charge in [0.25, 0.3) is 0 Å². The highest BCUT2D eigenvalue weighted by molar-refractivity contribution is 6.76. The fourth-order valence-electron chi connectivity index (χ4n) is 2.48. The maximum atomic E-state index is 11.2. The first-order valence-corrected chi connectivity index (χ1v) is 9.34. The molecule has 1 aliphatic rings. The van der Waals surface area contributed by atoms with Crippen molar-refractivity contribution in [2.75, 3.05) is 0 Å². The molecule has 1 rings (SSSR count). The van der Waals surface area contributed by atoms with Crippen molar-refractivity contribution in [2.24, 2.45) is 11.8 Å². The van der Waals surface area contributed by atoms with Gasteiger partial charge in [-0.1, -0.05) is 32.5 Å². The van der Waals surface area contributed by atoms with Crippen LogP contribution in [0.1, 0.15) is 25.7 Å². The first-order valence-electron chi connectivity index (χ1n) is 5.63. The zero-order valence-corrected chi connectivity index (χ0v) is 10.5. The van der Waals surface area contributed by atoms with Crippen molar-refractivity contribution in [2.45, 2.75) is 51.4 Å². The van der Waals surface area contributed by atoms with Crippen molar-refractivity contribution in [1.82, 2.24) is 0 Å². The van der Waals surface area contributed by atoms with Crippen LogP contribution in [0.3, 0.4) is 0 Å². The van der Waals surface area contributed by atoms with Crippen LogP contribution in [-0.2, 0) is 4.79 Å². The highest BCUT2D eigenvalue weighted by atomic mass is 28.3. The van der Waals surface area contributed by atoms with Gasteiger partial charge in [-0.25, -0.2) is 0 Å². The van der Waals surface area contributed by atoms with E-state index in [0.717, 1.165) is 18.9 Å². The van der Waals surface area contributed by atoms with Crippen LogP contribution in [0.5, 0.6) is 0 Å². The van der Waals surface area contributed by atoms with E-state index in [9.17, 15) is 9.90 Å². The van der Waals surface area contributed by atoms with E-state index in [2.05, 4.69) is 19.6 Å². The second-order valence-electron chi connectivity index (χ2n) is 5.75. The molecule has 1 N–H and O–H groups in total. The summed E-state index contributed by atoms with van der Waals surface area (Å²) >= 11 is 0. The minimum Gasteiger partial charge on any atom is -0.481 e. The molecule has 2 nitrogen and oxygen atoms in total. The standard InChI is InChI=1S/C11H22O2Si/c1-14(2,3)8-10(11(12)13)9-6-4-5-7-9/h9-10H,4-8H2,1-3H3,(H,12,13). The molecule has 0 aromatic heterocycles. The zero-order chi connectivity index (χ0) is 10.8. The minimum absolute atomic E-state index is 0.0517. The Morgan fingerprint density at radius 1 is 1.36 bits per heavy atom. The average Bonchev–Trinajstić information content (AvgIpc) is 2.49. The molecule has 1 atom stereocenters. The lowest BCUT2D eigenvalue weighted by molar-refractivity contribution is -0.142. The summed E-state index contributed by atoms with van der Waals surface area (Å²) in [6.45, 7) is 6.79. The van der Waals surface area contributed by atoms with Gasteiger partial charge in [-0.2, -0.15) is 0 Å². The first kappa shape index (κ1) is 11.8. The van der Waals surface area contributed by atoms with E-state index in [-0.39, 0.29) is 5.92 Å². The van der Waals surface area contributed by atoms with Crippen molar-refractivity contribution < 1.29 is 9.90 Å². The highest BCUT2D eigenvalue weighted by Crippen LogP contribution is 2.35. The summed E-state index contributed by atoms with van der Waals surface area (Å²) in [5, 5.41) is 9.22. The zero-order valence-electron chi connectivity index (χ0n) is 9.55. The number of carbonyl (C=O) groups is 1. The fourth-order valence-corrected chi connectivity index (χ4v) is 4.30. The quantitative estimate of drug-likeness (QED) is 0.730. The molecule has 0 saturated heterocycles. The predicted molar refractivity (Wildman–Crippen MR) is 61.2 cm³/mol. The Balaban J connectivity index is 2.59. The molecule has 0 spiro atoms. The molecule has 0 radical (unpaired) electrons. The van der Waals surface area contributed by atoms with E-state index in [0.29, 0.717) is 5.92 Å². The molecule has 3 heteroatoms. The van der Waals surface area contributed by atoms with E-state index >= 15 is 0 Å². The van der Waals surface area contributed by atoms with Crippen LogP contribution < -0.4 is 0 Å². The molecule has 0 aromatic carbocycles. The number of carboxylic acids is 1. The Bertz CT molecular complexity index is 202. The van der Waals surface area contributed by atoms with Crippen molar-refractivity contribution >= 4 is 14.0 Å². The van der Waals surface area contributed by atoms with Gasteiger partial charge in [-0.15, -0.1) is 0 Å². The van der Waals surface area contributed by atoms with Gasteiger partial charge < -0.3 is 5.11 Å².